The molecule has 0 aliphatic rings. The number of rotatable bonds is 6. The minimum Gasteiger partial charge on any atom is -0.497 e. The molecule has 0 atom stereocenters. The topological polar surface area (TPSA) is 106 Å². The minimum absolute atomic E-state index is 0.0493. The summed E-state index contributed by atoms with van der Waals surface area (Å²) in [6.45, 7) is 3.42. The predicted octanol–water partition coefficient (Wildman–Crippen LogP) is 5.09. The lowest BCUT2D eigenvalue weighted by atomic mass is 10.1. The van der Waals surface area contributed by atoms with Gasteiger partial charge < -0.3 is 24.3 Å². The van der Waals surface area contributed by atoms with Crippen molar-refractivity contribution in [1.82, 2.24) is 4.98 Å². The average Bonchev–Trinajstić information content (AvgIpc) is 2.86. The number of fused-ring (bicyclic) bond motifs is 1. The second-order valence-electron chi connectivity index (χ2n) is 7.82. The summed E-state index contributed by atoms with van der Waals surface area (Å²) in [5.41, 5.74) is 3.57. The van der Waals surface area contributed by atoms with E-state index in [2.05, 4.69) is 15.3 Å². The summed E-state index contributed by atoms with van der Waals surface area (Å²) in [4.78, 5) is 22.3. The number of hydrogen-bond donors (Lipinski definition) is 2. The summed E-state index contributed by atoms with van der Waals surface area (Å²) in [5, 5.41) is 13.6. The van der Waals surface area contributed by atoms with Crippen LogP contribution < -0.4 is 20.3 Å². The predicted molar refractivity (Wildman–Crippen MR) is 134 cm³/mol. The molecule has 9 heteroatoms. The molecule has 0 bridgehead atoms. The highest BCUT2D eigenvalue weighted by atomic mass is 35.5. The van der Waals surface area contributed by atoms with Crippen molar-refractivity contribution in [1.29, 1.82) is 0 Å². The number of pyridine rings is 1. The van der Waals surface area contributed by atoms with E-state index in [1.165, 1.54) is 7.11 Å². The molecule has 4 aromatic rings. The van der Waals surface area contributed by atoms with Crippen molar-refractivity contribution in [2.24, 2.45) is 4.99 Å². The molecule has 0 fully saturated rings. The van der Waals surface area contributed by atoms with E-state index >= 15 is 0 Å². The lowest BCUT2D eigenvalue weighted by molar-refractivity contribution is 0.102. The number of aliphatic hydroxyl groups excluding tert-OH is 1. The Morgan fingerprint density at radius 1 is 1.14 bits per heavy atom. The summed E-state index contributed by atoms with van der Waals surface area (Å²) in [5.74, 6) is 0.520. The van der Waals surface area contributed by atoms with E-state index in [4.69, 9.17) is 25.5 Å². The second kappa shape index (κ2) is 10.2. The summed E-state index contributed by atoms with van der Waals surface area (Å²) in [6.07, 6.45) is 1.55. The zero-order valence-electron chi connectivity index (χ0n) is 19.7. The molecule has 0 spiro atoms. The Bertz CT molecular complexity index is 1500. The van der Waals surface area contributed by atoms with Crippen molar-refractivity contribution in [3.05, 3.63) is 81.6 Å². The van der Waals surface area contributed by atoms with Crippen molar-refractivity contribution in [2.45, 2.75) is 20.5 Å². The van der Waals surface area contributed by atoms with E-state index in [1.807, 2.05) is 13.0 Å². The van der Waals surface area contributed by atoms with Crippen molar-refractivity contribution in [3.63, 3.8) is 0 Å². The van der Waals surface area contributed by atoms with Crippen LogP contribution in [-0.2, 0) is 6.61 Å². The van der Waals surface area contributed by atoms with Gasteiger partial charge in [-0.15, -0.1) is 0 Å². The molecule has 2 N–H and O–H groups in total. The molecule has 4 rings (SSSR count). The van der Waals surface area contributed by atoms with Gasteiger partial charge in [-0.05, 0) is 49.7 Å². The number of carbonyl (C=O) groups is 1. The largest absolute Gasteiger partial charge is 0.497 e. The number of aryl methyl sites for hydroxylation is 2. The van der Waals surface area contributed by atoms with Crippen molar-refractivity contribution < 1.29 is 23.8 Å². The minimum atomic E-state index is -0.487. The first kappa shape index (κ1) is 24.3. The lowest BCUT2D eigenvalue weighted by Gasteiger charge is -2.13. The van der Waals surface area contributed by atoms with Gasteiger partial charge in [0.15, 0.2) is 5.58 Å². The number of halogens is 1. The van der Waals surface area contributed by atoms with Crippen LogP contribution in [-0.4, -0.2) is 30.2 Å². The zero-order valence-corrected chi connectivity index (χ0v) is 20.4. The number of nitrogens with one attached hydrogen (secondary N) is 1. The fraction of sp³-hybridized carbons (Fsp3) is 0.192. The summed E-state index contributed by atoms with van der Waals surface area (Å²) < 4.78 is 16.7. The molecule has 0 saturated heterocycles. The van der Waals surface area contributed by atoms with Gasteiger partial charge in [-0.1, -0.05) is 17.7 Å². The fourth-order valence-electron chi connectivity index (χ4n) is 3.56. The standard InChI is InChI=1S/C26H24ClN3O5/c1-14-5-7-21(20(27)9-14)30-26-19(11-18-16(13-31)12-28-15(2)24(18)35-26)25(32)29-22-8-6-17(33-3)10-23(22)34-4/h5-12,31H,13H2,1-4H3,(H,29,32). The molecule has 0 unspecified atom stereocenters. The molecule has 0 radical (unpaired) electrons. The molecule has 2 aromatic heterocycles. The highest BCUT2D eigenvalue weighted by Gasteiger charge is 2.18. The summed E-state index contributed by atoms with van der Waals surface area (Å²) in [6, 6.07) is 12.1. The van der Waals surface area contributed by atoms with Crippen molar-refractivity contribution >= 4 is 39.9 Å². The van der Waals surface area contributed by atoms with Gasteiger partial charge in [-0.2, -0.15) is 0 Å². The highest BCUT2D eigenvalue weighted by molar-refractivity contribution is 6.33. The van der Waals surface area contributed by atoms with Crippen LogP contribution in [0.4, 0.5) is 11.4 Å². The van der Waals surface area contributed by atoms with E-state index in [9.17, 15) is 9.90 Å². The van der Waals surface area contributed by atoms with Crippen LogP contribution in [0, 0.1) is 13.8 Å². The quantitative estimate of drug-likeness (QED) is 0.387. The molecule has 8 nitrogen and oxygen atoms in total. The van der Waals surface area contributed by atoms with Gasteiger partial charge in [-0.3, -0.25) is 9.78 Å². The molecule has 180 valence electrons. The van der Waals surface area contributed by atoms with Crippen LogP contribution in [0.25, 0.3) is 11.0 Å². The first-order valence-corrected chi connectivity index (χ1v) is 11.1. The first-order valence-electron chi connectivity index (χ1n) is 10.7. The van der Waals surface area contributed by atoms with Crippen LogP contribution >= 0.6 is 11.6 Å². The van der Waals surface area contributed by atoms with E-state index < -0.39 is 5.91 Å². The number of nitrogens with zero attached hydrogens (tertiary/aromatic N) is 2. The van der Waals surface area contributed by atoms with E-state index in [-0.39, 0.29) is 17.7 Å². The molecule has 0 aliphatic heterocycles. The molecule has 2 heterocycles. The van der Waals surface area contributed by atoms with E-state index in [1.54, 1.807) is 56.6 Å². The van der Waals surface area contributed by atoms with Crippen LogP contribution in [0.2, 0.25) is 5.02 Å². The Hall–Kier alpha value is -3.88. The zero-order chi connectivity index (χ0) is 25.1. The third kappa shape index (κ3) is 4.99. The number of aromatic nitrogens is 1. The van der Waals surface area contributed by atoms with Gasteiger partial charge >= 0.3 is 0 Å². The normalized spacial score (nSPS) is 11.5. The van der Waals surface area contributed by atoms with Crippen molar-refractivity contribution in [3.8, 4) is 11.5 Å². The number of anilines is 1. The lowest BCUT2D eigenvalue weighted by Crippen LogP contribution is -2.22. The van der Waals surface area contributed by atoms with Gasteiger partial charge in [0, 0.05) is 23.2 Å². The highest BCUT2D eigenvalue weighted by Crippen LogP contribution is 2.30. The van der Waals surface area contributed by atoms with E-state index in [0.29, 0.717) is 50.1 Å². The number of amides is 1. The molecule has 0 saturated carbocycles. The van der Waals surface area contributed by atoms with Crippen LogP contribution in [0.3, 0.4) is 0 Å². The van der Waals surface area contributed by atoms with Crippen LogP contribution in [0.15, 0.2) is 58.1 Å². The Labute approximate surface area is 206 Å². The molecular formula is C26H24ClN3O5. The fourth-order valence-corrected chi connectivity index (χ4v) is 3.84. The smallest absolute Gasteiger partial charge is 0.261 e. The number of carbonyl (C=O) groups excluding carboxylic acids is 1. The van der Waals surface area contributed by atoms with E-state index in [0.717, 1.165) is 5.56 Å². The maximum Gasteiger partial charge on any atom is 0.261 e. The van der Waals surface area contributed by atoms with Gasteiger partial charge in [0.2, 0.25) is 5.55 Å². The second-order valence-corrected chi connectivity index (χ2v) is 8.23. The average molecular weight is 494 g/mol. The summed E-state index contributed by atoms with van der Waals surface area (Å²) in [7, 11) is 3.04. The molecule has 2 aromatic carbocycles. The van der Waals surface area contributed by atoms with Gasteiger partial charge in [0.1, 0.15) is 17.1 Å². The van der Waals surface area contributed by atoms with Crippen LogP contribution in [0.5, 0.6) is 11.5 Å². The van der Waals surface area contributed by atoms with Gasteiger partial charge in [0.25, 0.3) is 5.91 Å². The maximum atomic E-state index is 13.5. The SMILES string of the molecule is COc1ccc(NC(=O)c2cc3c(CO)cnc(C)c3oc2=Nc2ccc(C)cc2Cl)c(OC)c1. The van der Waals surface area contributed by atoms with Gasteiger partial charge in [0.05, 0.1) is 42.9 Å². The number of hydrogen-bond acceptors (Lipinski definition) is 7. The number of benzene rings is 2. The third-order valence-corrected chi connectivity index (χ3v) is 5.75. The molecule has 1 amide bonds. The Kier molecular flexibility index (Phi) is 7.04. The summed E-state index contributed by atoms with van der Waals surface area (Å²) >= 11 is 6.40. The molecule has 0 aliphatic carbocycles. The van der Waals surface area contributed by atoms with Gasteiger partial charge in [-0.25, -0.2) is 4.99 Å². The molecular weight excluding hydrogens is 470 g/mol. The monoisotopic (exact) mass is 493 g/mol. The number of ether oxygens (including phenoxy) is 2. The molecule has 35 heavy (non-hydrogen) atoms. The Morgan fingerprint density at radius 3 is 2.63 bits per heavy atom. The number of aliphatic hydroxyl groups is 1. The first-order chi connectivity index (χ1) is 16.8. The third-order valence-electron chi connectivity index (χ3n) is 5.45. The maximum absolute atomic E-state index is 13.5. The van der Waals surface area contributed by atoms with Crippen LogP contribution in [0.1, 0.15) is 27.2 Å². The Morgan fingerprint density at radius 2 is 1.94 bits per heavy atom. The Balaban J connectivity index is 1.92. The number of methoxy groups -OCH3 is 2. The van der Waals surface area contributed by atoms with Crippen molar-refractivity contribution in [2.75, 3.05) is 19.5 Å².